The van der Waals surface area contributed by atoms with Gasteiger partial charge in [-0.25, -0.2) is 0 Å². The number of rotatable bonds is 2. The first kappa shape index (κ1) is 10.5. The average Bonchev–Trinajstić information content (AvgIpc) is 2.52. The Labute approximate surface area is 93.7 Å². The predicted molar refractivity (Wildman–Crippen MR) is 59.3 cm³/mol. The van der Waals surface area contributed by atoms with Crippen LogP contribution in [0.25, 0.3) is 6.08 Å². The molecule has 1 aromatic rings. The zero-order valence-electron chi connectivity index (χ0n) is 9.18. The maximum atomic E-state index is 11.5. The minimum atomic E-state index is -0.748. The van der Waals surface area contributed by atoms with E-state index in [0.29, 0.717) is 5.76 Å². The molecule has 0 bridgehead atoms. The van der Waals surface area contributed by atoms with Gasteiger partial charge in [-0.2, -0.15) is 0 Å². The molecule has 2 rings (SSSR count). The Bertz CT molecular complexity index is 461. The van der Waals surface area contributed by atoms with Crippen molar-refractivity contribution < 1.29 is 9.53 Å². The second-order valence-corrected chi connectivity index (χ2v) is 3.99. The van der Waals surface area contributed by atoms with Gasteiger partial charge in [-0.1, -0.05) is 0 Å². The quantitative estimate of drug-likeness (QED) is 0.755. The number of hydrogen-bond donors (Lipinski definition) is 0. The molecule has 0 N–H and O–H groups in total. The van der Waals surface area contributed by atoms with Gasteiger partial charge in [-0.05, 0) is 26.0 Å². The largest absolute Gasteiger partial charge is 0.480 e. The Hall–Kier alpha value is -1.97. The molecule has 82 valence electrons. The predicted octanol–water partition coefficient (Wildman–Crippen LogP) is 1.75. The molecule has 0 amide bonds. The van der Waals surface area contributed by atoms with Crippen LogP contribution in [0.4, 0.5) is 0 Å². The third-order valence-corrected chi connectivity index (χ3v) is 2.24. The van der Waals surface area contributed by atoms with Gasteiger partial charge in [-0.3, -0.25) is 14.8 Å². The lowest BCUT2D eigenvalue weighted by atomic mass is 10.1. The van der Waals surface area contributed by atoms with Crippen molar-refractivity contribution in [1.82, 2.24) is 9.97 Å². The summed E-state index contributed by atoms with van der Waals surface area (Å²) in [5.74, 6) is 0.534. The van der Waals surface area contributed by atoms with Gasteiger partial charge in [-0.15, -0.1) is 0 Å². The molecule has 4 heteroatoms. The monoisotopic (exact) mass is 216 g/mol. The van der Waals surface area contributed by atoms with E-state index in [-0.39, 0.29) is 5.78 Å². The van der Waals surface area contributed by atoms with Crippen LogP contribution >= 0.6 is 0 Å². The fourth-order valence-electron chi connectivity index (χ4n) is 1.32. The Balaban J connectivity index is 2.11. The second-order valence-electron chi connectivity index (χ2n) is 3.99. The molecule has 1 aliphatic rings. The number of carbonyl (C=O) groups excluding carboxylic acids is 1. The Kier molecular flexibility index (Phi) is 2.56. The first-order chi connectivity index (χ1) is 7.58. The van der Waals surface area contributed by atoms with Crippen molar-refractivity contribution >= 4 is 11.9 Å². The van der Waals surface area contributed by atoms with Gasteiger partial charge in [0.05, 0.1) is 11.9 Å². The third-order valence-electron chi connectivity index (χ3n) is 2.24. The van der Waals surface area contributed by atoms with Gasteiger partial charge in [0.2, 0.25) is 5.78 Å². The SMILES string of the molecule is CC1(C)OC(C=Cc2cnccn2)=CC1=O. The normalized spacial score (nSPS) is 18.6. The number of allylic oxidation sites excluding steroid dienone is 1. The van der Waals surface area contributed by atoms with Gasteiger partial charge in [0.15, 0.2) is 5.60 Å². The highest BCUT2D eigenvalue weighted by molar-refractivity contribution is 5.99. The van der Waals surface area contributed by atoms with Gasteiger partial charge in [0.1, 0.15) is 5.76 Å². The Morgan fingerprint density at radius 1 is 1.31 bits per heavy atom. The molecule has 1 aliphatic heterocycles. The minimum Gasteiger partial charge on any atom is -0.480 e. The number of ether oxygens (including phenoxy) is 1. The van der Waals surface area contributed by atoms with Crippen molar-refractivity contribution in [2.75, 3.05) is 0 Å². The van der Waals surface area contributed by atoms with Crippen LogP contribution in [0.15, 0.2) is 36.5 Å². The molecule has 4 nitrogen and oxygen atoms in total. The lowest BCUT2D eigenvalue weighted by Gasteiger charge is -2.16. The number of carbonyl (C=O) groups is 1. The molecule has 0 unspecified atom stereocenters. The summed E-state index contributed by atoms with van der Waals surface area (Å²) < 4.78 is 5.46. The van der Waals surface area contributed by atoms with Crippen molar-refractivity contribution in [3.8, 4) is 0 Å². The fraction of sp³-hybridized carbons (Fsp3) is 0.250. The summed E-state index contributed by atoms with van der Waals surface area (Å²) >= 11 is 0. The molecule has 1 aromatic heterocycles. The van der Waals surface area contributed by atoms with E-state index in [0.717, 1.165) is 5.69 Å². The molecule has 0 aromatic carbocycles. The summed E-state index contributed by atoms with van der Waals surface area (Å²) in [6.45, 7) is 3.49. The highest BCUT2D eigenvalue weighted by atomic mass is 16.5. The van der Waals surface area contributed by atoms with E-state index in [2.05, 4.69) is 9.97 Å². The maximum Gasteiger partial charge on any atom is 0.202 e. The number of aromatic nitrogens is 2. The summed E-state index contributed by atoms with van der Waals surface area (Å²) in [6, 6.07) is 0. The Morgan fingerprint density at radius 2 is 2.12 bits per heavy atom. The van der Waals surface area contributed by atoms with Crippen LogP contribution in [0.2, 0.25) is 0 Å². The van der Waals surface area contributed by atoms with Gasteiger partial charge >= 0.3 is 0 Å². The van der Waals surface area contributed by atoms with E-state index in [4.69, 9.17) is 4.74 Å². The molecular formula is C12H12N2O2. The van der Waals surface area contributed by atoms with Crippen molar-refractivity contribution in [2.24, 2.45) is 0 Å². The van der Waals surface area contributed by atoms with Gasteiger partial charge in [0, 0.05) is 18.5 Å². The maximum absolute atomic E-state index is 11.5. The second kappa shape index (κ2) is 3.89. The summed E-state index contributed by atoms with van der Waals surface area (Å²) in [7, 11) is 0. The van der Waals surface area contributed by atoms with Crippen LogP contribution in [0.3, 0.4) is 0 Å². The van der Waals surface area contributed by atoms with Crippen LogP contribution < -0.4 is 0 Å². The smallest absolute Gasteiger partial charge is 0.202 e. The first-order valence-corrected chi connectivity index (χ1v) is 4.97. The standard InChI is InChI=1S/C12H12N2O2/c1-12(2)11(15)7-10(16-12)4-3-9-8-13-5-6-14-9/h3-8H,1-2H3. The van der Waals surface area contributed by atoms with Crippen molar-refractivity contribution in [2.45, 2.75) is 19.4 Å². The molecule has 0 aliphatic carbocycles. The molecule has 0 saturated heterocycles. The summed E-state index contributed by atoms with van der Waals surface area (Å²) in [5, 5.41) is 0. The number of nitrogens with zero attached hydrogens (tertiary/aromatic N) is 2. The highest BCUT2D eigenvalue weighted by Crippen LogP contribution is 2.25. The lowest BCUT2D eigenvalue weighted by Crippen LogP contribution is -2.27. The van der Waals surface area contributed by atoms with E-state index in [1.807, 2.05) is 0 Å². The summed E-state index contributed by atoms with van der Waals surface area (Å²) in [6.07, 6.45) is 9.82. The Morgan fingerprint density at radius 3 is 2.69 bits per heavy atom. The van der Waals surface area contributed by atoms with Crippen LogP contribution in [-0.2, 0) is 9.53 Å². The molecule has 0 fully saturated rings. The topological polar surface area (TPSA) is 52.1 Å². The van der Waals surface area contributed by atoms with Crippen LogP contribution in [0, 0.1) is 0 Å². The molecule has 2 heterocycles. The lowest BCUT2D eigenvalue weighted by molar-refractivity contribution is -0.126. The van der Waals surface area contributed by atoms with Gasteiger partial charge in [0.25, 0.3) is 0 Å². The molecule has 16 heavy (non-hydrogen) atoms. The number of hydrogen-bond acceptors (Lipinski definition) is 4. The first-order valence-electron chi connectivity index (χ1n) is 4.97. The molecule has 0 atom stereocenters. The average molecular weight is 216 g/mol. The summed E-state index contributed by atoms with van der Waals surface area (Å²) in [5.41, 5.74) is -0.0219. The fourth-order valence-corrected chi connectivity index (χ4v) is 1.32. The molecule has 0 saturated carbocycles. The van der Waals surface area contributed by atoms with Crippen molar-refractivity contribution in [3.05, 3.63) is 42.2 Å². The van der Waals surface area contributed by atoms with E-state index >= 15 is 0 Å². The van der Waals surface area contributed by atoms with Crippen LogP contribution in [-0.4, -0.2) is 21.4 Å². The van der Waals surface area contributed by atoms with E-state index in [1.165, 1.54) is 6.08 Å². The van der Waals surface area contributed by atoms with E-state index < -0.39 is 5.60 Å². The van der Waals surface area contributed by atoms with Crippen LogP contribution in [0.1, 0.15) is 19.5 Å². The minimum absolute atomic E-state index is 0.0219. The third kappa shape index (κ3) is 2.16. The van der Waals surface area contributed by atoms with Gasteiger partial charge < -0.3 is 4.74 Å². The van der Waals surface area contributed by atoms with Crippen LogP contribution in [0.5, 0.6) is 0 Å². The number of ketones is 1. The highest BCUT2D eigenvalue weighted by Gasteiger charge is 2.33. The molecular weight excluding hydrogens is 204 g/mol. The van der Waals surface area contributed by atoms with E-state index in [1.54, 1.807) is 44.6 Å². The molecule has 0 radical (unpaired) electrons. The summed E-state index contributed by atoms with van der Waals surface area (Å²) in [4.78, 5) is 19.5. The van der Waals surface area contributed by atoms with Crippen molar-refractivity contribution in [3.63, 3.8) is 0 Å². The van der Waals surface area contributed by atoms with Crippen molar-refractivity contribution in [1.29, 1.82) is 0 Å². The zero-order valence-corrected chi connectivity index (χ0v) is 9.18. The molecule has 0 spiro atoms. The zero-order chi connectivity index (χ0) is 11.6. The van der Waals surface area contributed by atoms with E-state index in [9.17, 15) is 4.79 Å².